The number of aromatic nitrogens is 4. The maximum absolute atomic E-state index is 12.8. The van der Waals surface area contributed by atoms with Crippen LogP contribution in [0.2, 0.25) is 0 Å². The third kappa shape index (κ3) is 5.08. The maximum Gasteiger partial charge on any atom is 0.299 e. The van der Waals surface area contributed by atoms with Crippen LogP contribution in [-0.4, -0.2) is 31.6 Å². The van der Waals surface area contributed by atoms with E-state index >= 15 is 0 Å². The lowest BCUT2D eigenvalue weighted by Gasteiger charge is -2.20. The molecule has 0 radical (unpaired) electrons. The Kier molecular flexibility index (Phi) is 5.81. The Bertz CT molecular complexity index is 881. The van der Waals surface area contributed by atoms with Crippen molar-refractivity contribution in [1.82, 2.24) is 19.7 Å². The van der Waals surface area contributed by atoms with Crippen LogP contribution in [0.4, 0.5) is 20.4 Å². The minimum absolute atomic E-state index is 0.0670. The van der Waals surface area contributed by atoms with Gasteiger partial charge < -0.3 is 10.6 Å². The van der Waals surface area contributed by atoms with E-state index in [0.717, 1.165) is 11.0 Å². The SMILES string of the molecule is CC(C)(C)C(=O)Nc1ccc(-n2cnc(C(F)F)n2)c(NC(=O)C(C)(C)C)n1. The van der Waals surface area contributed by atoms with E-state index in [0.29, 0.717) is 0 Å². The minimum atomic E-state index is -2.83. The zero-order valence-corrected chi connectivity index (χ0v) is 16.7. The molecule has 0 spiro atoms. The summed E-state index contributed by atoms with van der Waals surface area (Å²) in [7, 11) is 0. The molecule has 10 heteroatoms. The molecule has 2 rings (SSSR count). The van der Waals surface area contributed by atoms with Crippen molar-refractivity contribution in [2.45, 2.75) is 48.0 Å². The first kappa shape index (κ1) is 21.4. The highest BCUT2D eigenvalue weighted by atomic mass is 19.3. The number of nitrogens with zero attached hydrogens (tertiary/aromatic N) is 4. The highest BCUT2D eigenvalue weighted by Crippen LogP contribution is 2.25. The lowest BCUT2D eigenvalue weighted by atomic mass is 9.95. The Morgan fingerprint density at radius 3 is 2.07 bits per heavy atom. The molecule has 0 aromatic carbocycles. The van der Waals surface area contributed by atoms with Crippen LogP contribution in [0.1, 0.15) is 53.8 Å². The van der Waals surface area contributed by atoms with E-state index in [9.17, 15) is 18.4 Å². The van der Waals surface area contributed by atoms with Gasteiger partial charge in [0.2, 0.25) is 17.6 Å². The molecule has 0 saturated heterocycles. The van der Waals surface area contributed by atoms with Gasteiger partial charge in [0.25, 0.3) is 6.43 Å². The topological polar surface area (TPSA) is 102 Å². The second-order valence-corrected chi connectivity index (χ2v) is 8.32. The molecule has 8 nitrogen and oxygen atoms in total. The van der Waals surface area contributed by atoms with Crippen LogP contribution in [0.3, 0.4) is 0 Å². The van der Waals surface area contributed by atoms with E-state index in [2.05, 4.69) is 25.7 Å². The fraction of sp³-hybridized carbons (Fsp3) is 0.500. The zero-order chi connectivity index (χ0) is 21.3. The molecule has 0 unspecified atom stereocenters. The summed E-state index contributed by atoms with van der Waals surface area (Å²) < 4.78 is 26.7. The molecule has 152 valence electrons. The number of hydrogen-bond donors (Lipinski definition) is 2. The molecule has 2 aromatic rings. The minimum Gasteiger partial charge on any atom is -0.310 e. The van der Waals surface area contributed by atoms with Gasteiger partial charge in [-0.25, -0.2) is 23.4 Å². The highest BCUT2D eigenvalue weighted by Gasteiger charge is 2.25. The number of rotatable bonds is 4. The molecule has 2 N–H and O–H groups in total. The van der Waals surface area contributed by atoms with Gasteiger partial charge in [-0.05, 0) is 12.1 Å². The number of carbonyl (C=O) groups excluding carboxylic acids is 2. The summed E-state index contributed by atoms with van der Waals surface area (Å²) in [4.78, 5) is 32.5. The molecule has 0 bridgehead atoms. The molecule has 2 aromatic heterocycles. The van der Waals surface area contributed by atoms with Gasteiger partial charge in [0.05, 0.1) is 0 Å². The normalized spacial score (nSPS) is 12.2. The lowest BCUT2D eigenvalue weighted by molar-refractivity contribution is -0.123. The largest absolute Gasteiger partial charge is 0.310 e. The standard InChI is InChI=1S/C18H24F2N6O2/c1-17(2,3)15(27)23-11-8-7-10(26-9-21-14(25-26)12(19)20)13(22-11)24-16(28)18(4,5)6/h7-9,12H,1-6H3,(H2,22,23,24,27,28). The van der Waals surface area contributed by atoms with Crippen LogP contribution in [0.5, 0.6) is 0 Å². The molecule has 0 saturated carbocycles. The maximum atomic E-state index is 12.8. The van der Waals surface area contributed by atoms with Gasteiger partial charge in [-0.1, -0.05) is 41.5 Å². The Balaban J connectivity index is 2.45. The van der Waals surface area contributed by atoms with Gasteiger partial charge in [0, 0.05) is 10.8 Å². The molecule has 28 heavy (non-hydrogen) atoms. The Morgan fingerprint density at radius 2 is 1.57 bits per heavy atom. The van der Waals surface area contributed by atoms with Crippen LogP contribution >= 0.6 is 0 Å². The van der Waals surface area contributed by atoms with E-state index in [4.69, 9.17) is 0 Å². The van der Waals surface area contributed by atoms with Gasteiger partial charge in [-0.15, -0.1) is 5.10 Å². The summed E-state index contributed by atoms with van der Waals surface area (Å²) in [5, 5.41) is 9.05. The van der Waals surface area contributed by atoms with E-state index in [1.165, 1.54) is 12.1 Å². The number of halogens is 2. The van der Waals surface area contributed by atoms with Crippen molar-refractivity contribution in [2.24, 2.45) is 10.8 Å². The molecule has 0 fully saturated rings. The number of hydrogen-bond acceptors (Lipinski definition) is 5. The van der Waals surface area contributed by atoms with Crippen molar-refractivity contribution in [3.05, 3.63) is 24.3 Å². The van der Waals surface area contributed by atoms with Crippen molar-refractivity contribution in [3.8, 4) is 5.69 Å². The van der Waals surface area contributed by atoms with Crippen LogP contribution in [0.25, 0.3) is 5.69 Å². The van der Waals surface area contributed by atoms with E-state index in [-0.39, 0.29) is 29.1 Å². The third-order valence-corrected chi connectivity index (χ3v) is 3.66. The molecule has 0 aliphatic carbocycles. The number of anilines is 2. The number of amides is 2. The van der Waals surface area contributed by atoms with Crippen LogP contribution in [0.15, 0.2) is 18.5 Å². The summed E-state index contributed by atoms with van der Waals surface area (Å²) in [5.41, 5.74) is -1.13. The lowest BCUT2D eigenvalue weighted by Crippen LogP contribution is -2.30. The van der Waals surface area contributed by atoms with Crippen LogP contribution in [-0.2, 0) is 9.59 Å². The molecule has 0 aliphatic rings. The average molecular weight is 394 g/mol. The van der Waals surface area contributed by atoms with E-state index < -0.39 is 23.1 Å². The van der Waals surface area contributed by atoms with E-state index in [1.54, 1.807) is 41.5 Å². The van der Waals surface area contributed by atoms with Crippen molar-refractivity contribution in [1.29, 1.82) is 0 Å². The number of pyridine rings is 1. The number of carbonyl (C=O) groups is 2. The first-order chi connectivity index (χ1) is 12.8. The van der Waals surface area contributed by atoms with Crippen molar-refractivity contribution >= 4 is 23.5 Å². The highest BCUT2D eigenvalue weighted by molar-refractivity contribution is 5.97. The quantitative estimate of drug-likeness (QED) is 0.825. The number of alkyl halides is 2. The summed E-state index contributed by atoms with van der Waals surface area (Å²) in [6.45, 7) is 10.4. The van der Waals surface area contributed by atoms with E-state index in [1.807, 2.05) is 0 Å². The van der Waals surface area contributed by atoms with Crippen molar-refractivity contribution in [3.63, 3.8) is 0 Å². The molecule has 0 atom stereocenters. The molecule has 2 heterocycles. The average Bonchev–Trinajstić information content (AvgIpc) is 3.03. The Hall–Kier alpha value is -2.91. The summed E-state index contributed by atoms with van der Waals surface area (Å²) >= 11 is 0. The predicted octanol–water partition coefficient (Wildman–Crippen LogP) is 3.57. The fourth-order valence-corrected chi connectivity index (χ4v) is 1.89. The molecular weight excluding hydrogens is 370 g/mol. The summed E-state index contributed by atoms with van der Waals surface area (Å²) in [6, 6.07) is 3.00. The van der Waals surface area contributed by atoms with Gasteiger partial charge in [-0.3, -0.25) is 9.59 Å². The van der Waals surface area contributed by atoms with Gasteiger partial charge >= 0.3 is 0 Å². The number of nitrogens with one attached hydrogen (secondary N) is 2. The van der Waals surface area contributed by atoms with Crippen LogP contribution < -0.4 is 10.6 Å². The zero-order valence-electron chi connectivity index (χ0n) is 16.7. The van der Waals surface area contributed by atoms with Crippen LogP contribution in [0, 0.1) is 10.8 Å². The smallest absolute Gasteiger partial charge is 0.299 e. The second kappa shape index (κ2) is 7.61. The molecule has 2 amide bonds. The van der Waals surface area contributed by atoms with Gasteiger partial charge in [0.15, 0.2) is 5.82 Å². The summed E-state index contributed by atoms with van der Waals surface area (Å²) in [5.74, 6) is -0.964. The Labute approximate surface area is 161 Å². The molecule has 0 aliphatic heterocycles. The monoisotopic (exact) mass is 394 g/mol. The molecular formula is C18H24F2N6O2. The third-order valence-electron chi connectivity index (χ3n) is 3.66. The van der Waals surface area contributed by atoms with Crippen molar-refractivity contribution in [2.75, 3.05) is 10.6 Å². The van der Waals surface area contributed by atoms with Gasteiger partial charge in [0.1, 0.15) is 17.8 Å². The first-order valence-electron chi connectivity index (χ1n) is 8.63. The second-order valence-electron chi connectivity index (χ2n) is 8.32. The predicted molar refractivity (Wildman–Crippen MR) is 100 cm³/mol. The van der Waals surface area contributed by atoms with Crippen molar-refractivity contribution < 1.29 is 18.4 Å². The Morgan fingerprint density at radius 1 is 1.00 bits per heavy atom. The first-order valence-corrected chi connectivity index (χ1v) is 8.63. The fourth-order valence-electron chi connectivity index (χ4n) is 1.89. The van der Waals surface area contributed by atoms with Gasteiger partial charge in [-0.2, -0.15) is 0 Å². The summed E-state index contributed by atoms with van der Waals surface area (Å²) in [6.07, 6.45) is -1.72.